The van der Waals surface area contributed by atoms with Crippen LogP contribution in [0.15, 0.2) is 0 Å². The highest BCUT2D eigenvalue weighted by Gasteiger charge is 2.06. The first-order valence-electron chi connectivity index (χ1n) is 1.97. The molecule has 0 rings (SSSR count). The topological polar surface area (TPSA) is 37.3 Å². The van der Waals surface area contributed by atoms with E-state index in [1.54, 1.807) is 6.92 Å². The molecule has 0 radical (unpaired) electrons. The molecule has 0 aliphatic carbocycles. The van der Waals surface area contributed by atoms with Crippen LogP contribution in [0.1, 0.15) is 6.92 Å². The number of hydrogen-bond acceptors (Lipinski definition) is 1. The number of carbonyl (C=O) groups is 1. The third kappa shape index (κ3) is 2.45. The predicted octanol–water partition coefficient (Wildman–Crippen LogP) is 0.946. The van der Waals surface area contributed by atoms with Crippen molar-refractivity contribution in [2.75, 3.05) is 5.88 Å². The standard InChI is InChI=1S/C4H7ClO2/c1-3(2-5)4(6)7/h3H,2H2,1H3,(H,6,7)/t3-/m0/s1. The molecule has 0 aromatic carbocycles. The lowest BCUT2D eigenvalue weighted by molar-refractivity contribution is -0.140. The summed E-state index contributed by atoms with van der Waals surface area (Å²) in [6.45, 7) is 1.56. The van der Waals surface area contributed by atoms with Gasteiger partial charge in [-0.1, -0.05) is 6.92 Å². The normalized spacial score (nSPS) is 13.4. The highest BCUT2D eigenvalue weighted by Crippen LogP contribution is 1.95. The van der Waals surface area contributed by atoms with Gasteiger partial charge in [-0.05, 0) is 0 Å². The summed E-state index contributed by atoms with van der Waals surface area (Å²) in [4.78, 5) is 9.85. The molecule has 0 aromatic rings. The van der Waals surface area contributed by atoms with Crippen LogP contribution >= 0.6 is 11.6 Å². The molecule has 0 bridgehead atoms. The Balaban J connectivity index is 3.34. The number of halogens is 1. The third-order valence-corrected chi connectivity index (χ3v) is 1.12. The van der Waals surface area contributed by atoms with E-state index in [1.165, 1.54) is 0 Å². The van der Waals surface area contributed by atoms with Crippen molar-refractivity contribution < 1.29 is 9.90 Å². The van der Waals surface area contributed by atoms with E-state index < -0.39 is 11.9 Å². The Kier molecular flexibility index (Phi) is 2.76. The summed E-state index contributed by atoms with van der Waals surface area (Å²) in [7, 11) is 0. The van der Waals surface area contributed by atoms with Gasteiger partial charge in [0, 0.05) is 5.88 Å². The zero-order valence-electron chi connectivity index (χ0n) is 4.02. The van der Waals surface area contributed by atoms with E-state index in [0.717, 1.165) is 0 Å². The van der Waals surface area contributed by atoms with Crippen molar-refractivity contribution in [3.8, 4) is 0 Å². The second-order valence-corrected chi connectivity index (χ2v) is 1.70. The molecule has 1 atom stereocenters. The maximum atomic E-state index is 9.85. The van der Waals surface area contributed by atoms with Crippen LogP contribution in [0.4, 0.5) is 0 Å². The molecule has 0 spiro atoms. The lowest BCUT2D eigenvalue weighted by Crippen LogP contribution is -2.09. The number of aliphatic carboxylic acids is 1. The van der Waals surface area contributed by atoms with E-state index in [0.29, 0.717) is 0 Å². The average molecular weight is 123 g/mol. The fourth-order valence-corrected chi connectivity index (χ4v) is 0.198. The number of carboxylic acid groups (broad SMARTS) is 1. The molecule has 0 aliphatic heterocycles. The van der Waals surface area contributed by atoms with Crippen LogP contribution in [-0.4, -0.2) is 17.0 Å². The molecule has 0 saturated heterocycles. The molecular formula is C4H7ClO2. The maximum absolute atomic E-state index is 9.85. The van der Waals surface area contributed by atoms with Crippen LogP contribution in [0.5, 0.6) is 0 Å². The van der Waals surface area contributed by atoms with Gasteiger partial charge in [0.15, 0.2) is 0 Å². The van der Waals surface area contributed by atoms with Gasteiger partial charge >= 0.3 is 5.97 Å². The van der Waals surface area contributed by atoms with Crippen LogP contribution in [0.2, 0.25) is 0 Å². The molecule has 0 aromatic heterocycles. The summed E-state index contributed by atoms with van der Waals surface area (Å²) in [5, 5.41) is 8.10. The highest BCUT2D eigenvalue weighted by molar-refractivity contribution is 6.19. The summed E-state index contributed by atoms with van der Waals surface area (Å²) in [5.74, 6) is -1.06. The Labute approximate surface area is 47.1 Å². The fourth-order valence-electron chi connectivity index (χ4n) is 0.0660. The van der Waals surface area contributed by atoms with E-state index in [1.807, 2.05) is 0 Å². The van der Waals surface area contributed by atoms with E-state index in [2.05, 4.69) is 0 Å². The number of carboxylic acids is 1. The Morgan fingerprint density at radius 2 is 2.43 bits per heavy atom. The van der Waals surface area contributed by atoms with Gasteiger partial charge in [0.2, 0.25) is 0 Å². The maximum Gasteiger partial charge on any atom is 0.307 e. The van der Waals surface area contributed by atoms with Crippen molar-refractivity contribution in [2.45, 2.75) is 6.92 Å². The first-order chi connectivity index (χ1) is 3.18. The molecule has 3 heteroatoms. The van der Waals surface area contributed by atoms with Crippen molar-refractivity contribution in [1.29, 1.82) is 0 Å². The molecule has 2 nitrogen and oxygen atoms in total. The Bertz CT molecular complexity index is 72.1. The Morgan fingerprint density at radius 1 is 2.00 bits per heavy atom. The summed E-state index contributed by atoms with van der Waals surface area (Å²) in [6.07, 6.45) is 0. The molecule has 0 unspecified atom stereocenters. The predicted molar refractivity (Wildman–Crippen MR) is 27.5 cm³/mol. The van der Waals surface area contributed by atoms with E-state index in [4.69, 9.17) is 16.7 Å². The molecule has 0 fully saturated rings. The first-order valence-corrected chi connectivity index (χ1v) is 2.50. The number of rotatable bonds is 2. The minimum Gasteiger partial charge on any atom is -0.481 e. The van der Waals surface area contributed by atoms with E-state index in [9.17, 15) is 4.79 Å². The minimum atomic E-state index is -0.838. The van der Waals surface area contributed by atoms with Gasteiger partial charge in [0.05, 0.1) is 5.92 Å². The fraction of sp³-hybridized carbons (Fsp3) is 0.750. The van der Waals surface area contributed by atoms with Gasteiger partial charge in [0.25, 0.3) is 0 Å². The molecule has 0 saturated carbocycles. The highest BCUT2D eigenvalue weighted by atomic mass is 35.5. The van der Waals surface area contributed by atoms with Crippen LogP contribution in [0.25, 0.3) is 0 Å². The molecule has 1 N–H and O–H groups in total. The van der Waals surface area contributed by atoms with Crippen molar-refractivity contribution in [1.82, 2.24) is 0 Å². The van der Waals surface area contributed by atoms with E-state index in [-0.39, 0.29) is 5.88 Å². The second kappa shape index (κ2) is 2.86. The summed E-state index contributed by atoms with van der Waals surface area (Å²) >= 11 is 5.17. The quantitative estimate of drug-likeness (QED) is 0.554. The van der Waals surface area contributed by atoms with Crippen molar-refractivity contribution in [3.63, 3.8) is 0 Å². The zero-order chi connectivity index (χ0) is 5.86. The lowest BCUT2D eigenvalue weighted by atomic mass is 10.2. The molecule has 42 valence electrons. The Morgan fingerprint density at radius 3 is 2.43 bits per heavy atom. The van der Waals surface area contributed by atoms with Gasteiger partial charge in [-0.3, -0.25) is 4.79 Å². The molecule has 0 aliphatic rings. The van der Waals surface area contributed by atoms with Crippen LogP contribution in [-0.2, 0) is 4.79 Å². The molecule has 7 heavy (non-hydrogen) atoms. The largest absolute Gasteiger partial charge is 0.481 e. The molecule has 0 heterocycles. The second-order valence-electron chi connectivity index (χ2n) is 1.39. The summed E-state index contributed by atoms with van der Waals surface area (Å²) in [5.41, 5.74) is 0. The van der Waals surface area contributed by atoms with Crippen LogP contribution in [0.3, 0.4) is 0 Å². The molecule has 0 amide bonds. The summed E-state index contributed by atoms with van der Waals surface area (Å²) in [6, 6.07) is 0. The monoisotopic (exact) mass is 122 g/mol. The first kappa shape index (κ1) is 6.76. The van der Waals surface area contributed by atoms with Crippen molar-refractivity contribution in [2.24, 2.45) is 5.92 Å². The lowest BCUT2D eigenvalue weighted by Gasteiger charge is -1.94. The summed E-state index contributed by atoms with van der Waals surface area (Å²) < 4.78 is 0. The average Bonchev–Trinajstić information content (AvgIpc) is 1.65. The van der Waals surface area contributed by atoms with Gasteiger partial charge in [-0.25, -0.2) is 0 Å². The van der Waals surface area contributed by atoms with Gasteiger partial charge < -0.3 is 5.11 Å². The van der Waals surface area contributed by atoms with Gasteiger partial charge in [-0.15, -0.1) is 11.6 Å². The minimum absolute atomic E-state index is 0.190. The van der Waals surface area contributed by atoms with Gasteiger partial charge in [0.1, 0.15) is 0 Å². The van der Waals surface area contributed by atoms with Gasteiger partial charge in [-0.2, -0.15) is 0 Å². The van der Waals surface area contributed by atoms with Crippen LogP contribution < -0.4 is 0 Å². The number of alkyl halides is 1. The smallest absolute Gasteiger partial charge is 0.307 e. The van der Waals surface area contributed by atoms with Crippen LogP contribution in [0, 0.1) is 5.92 Å². The zero-order valence-corrected chi connectivity index (χ0v) is 4.77. The molecular weight excluding hydrogens is 115 g/mol. The Hall–Kier alpha value is -0.240. The SMILES string of the molecule is C[C@@H](CCl)C(=O)O. The number of hydrogen-bond donors (Lipinski definition) is 1. The van der Waals surface area contributed by atoms with Crippen molar-refractivity contribution >= 4 is 17.6 Å². The van der Waals surface area contributed by atoms with E-state index >= 15 is 0 Å². The third-order valence-electron chi connectivity index (χ3n) is 0.653. The van der Waals surface area contributed by atoms with Crippen molar-refractivity contribution in [3.05, 3.63) is 0 Å².